The zero-order valence-corrected chi connectivity index (χ0v) is 10.8. The van der Waals surface area contributed by atoms with E-state index >= 15 is 0 Å². The van der Waals surface area contributed by atoms with E-state index in [4.69, 9.17) is 8.83 Å². The number of furan rings is 1. The van der Waals surface area contributed by atoms with Gasteiger partial charge in [-0.1, -0.05) is 0 Å². The molecule has 0 amide bonds. The highest BCUT2D eigenvalue weighted by molar-refractivity contribution is 5.42. The Bertz CT molecular complexity index is 485. The van der Waals surface area contributed by atoms with Crippen LogP contribution in [0.15, 0.2) is 27.2 Å². The quantitative estimate of drug-likeness (QED) is 0.868. The van der Waals surface area contributed by atoms with Crippen molar-refractivity contribution >= 4 is 0 Å². The monoisotopic (exact) mass is 251 g/mol. The Labute approximate surface area is 105 Å². The van der Waals surface area contributed by atoms with Crippen LogP contribution in [0.2, 0.25) is 0 Å². The van der Waals surface area contributed by atoms with Gasteiger partial charge in [0.15, 0.2) is 5.76 Å². The number of hydrogen-bond donors (Lipinski definition) is 1. The molecule has 2 heterocycles. The van der Waals surface area contributed by atoms with Crippen LogP contribution in [0, 0.1) is 0 Å². The van der Waals surface area contributed by atoms with E-state index in [1.54, 1.807) is 32.2 Å². The minimum atomic E-state index is -0.751. The summed E-state index contributed by atoms with van der Waals surface area (Å²) < 4.78 is 10.6. The van der Waals surface area contributed by atoms with Crippen molar-refractivity contribution in [2.75, 3.05) is 13.6 Å². The number of nitrogens with zero attached hydrogens (tertiary/aromatic N) is 3. The third-order valence-electron chi connectivity index (χ3n) is 2.26. The highest BCUT2D eigenvalue weighted by atomic mass is 16.4. The van der Waals surface area contributed by atoms with E-state index in [0.717, 1.165) is 0 Å². The molecule has 0 unspecified atom stereocenters. The largest absolute Gasteiger partial charge is 0.459 e. The molecule has 2 rings (SSSR count). The molecule has 0 atom stereocenters. The molecule has 0 spiro atoms. The summed E-state index contributed by atoms with van der Waals surface area (Å²) in [6.07, 6.45) is 1.56. The first-order valence-corrected chi connectivity index (χ1v) is 5.71. The first kappa shape index (κ1) is 12.8. The third-order valence-corrected chi connectivity index (χ3v) is 2.26. The summed E-state index contributed by atoms with van der Waals surface area (Å²) in [7, 11) is 1.88. The Balaban J connectivity index is 1.99. The van der Waals surface area contributed by atoms with Crippen LogP contribution in [0.25, 0.3) is 11.7 Å². The maximum Gasteiger partial charge on any atom is 0.283 e. The molecule has 0 bridgehead atoms. The van der Waals surface area contributed by atoms with Crippen molar-refractivity contribution in [2.24, 2.45) is 0 Å². The minimum Gasteiger partial charge on any atom is -0.459 e. The molecule has 0 radical (unpaired) electrons. The summed E-state index contributed by atoms with van der Waals surface area (Å²) in [5.74, 6) is 1.42. The van der Waals surface area contributed by atoms with Crippen molar-refractivity contribution in [3.8, 4) is 11.7 Å². The molecule has 1 N–H and O–H groups in total. The van der Waals surface area contributed by atoms with Gasteiger partial charge in [-0.25, -0.2) is 0 Å². The Kier molecular flexibility index (Phi) is 3.49. The Morgan fingerprint density at radius 1 is 1.39 bits per heavy atom. The molecule has 0 aromatic carbocycles. The fourth-order valence-electron chi connectivity index (χ4n) is 1.76. The standard InChI is InChI=1S/C12H17N3O3/c1-12(2,16)8-15(3)7-10-13-14-11(18-10)9-5-4-6-17-9/h4-6,16H,7-8H2,1-3H3. The highest BCUT2D eigenvalue weighted by Gasteiger charge is 2.18. The van der Waals surface area contributed by atoms with Crippen molar-refractivity contribution < 1.29 is 13.9 Å². The molecule has 0 aliphatic carbocycles. The molecule has 6 heteroatoms. The zero-order valence-electron chi connectivity index (χ0n) is 10.8. The maximum atomic E-state index is 9.70. The van der Waals surface area contributed by atoms with Crippen LogP contribution < -0.4 is 0 Å². The molecule has 0 aliphatic rings. The number of hydrogen-bond acceptors (Lipinski definition) is 6. The Morgan fingerprint density at radius 2 is 2.17 bits per heavy atom. The molecular weight excluding hydrogens is 234 g/mol. The van der Waals surface area contributed by atoms with Gasteiger partial charge in [0, 0.05) is 6.54 Å². The molecule has 98 valence electrons. The van der Waals surface area contributed by atoms with Crippen molar-refractivity contribution in [3.05, 3.63) is 24.3 Å². The van der Waals surface area contributed by atoms with Gasteiger partial charge in [-0.3, -0.25) is 4.90 Å². The van der Waals surface area contributed by atoms with Gasteiger partial charge in [-0.05, 0) is 33.0 Å². The zero-order chi connectivity index (χ0) is 13.2. The van der Waals surface area contributed by atoms with Gasteiger partial charge in [0.1, 0.15) is 0 Å². The number of aliphatic hydroxyl groups is 1. The summed E-state index contributed by atoms with van der Waals surface area (Å²) in [6.45, 7) is 4.51. The maximum absolute atomic E-state index is 9.70. The summed E-state index contributed by atoms with van der Waals surface area (Å²) in [6, 6.07) is 3.53. The molecule has 0 saturated heterocycles. The second kappa shape index (κ2) is 4.91. The topological polar surface area (TPSA) is 75.5 Å². The first-order chi connectivity index (χ1) is 8.44. The Hall–Kier alpha value is -1.66. The second-order valence-electron chi connectivity index (χ2n) is 4.96. The lowest BCUT2D eigenvalue weighted by Gasteiger charge is -2.23. The number of aromatic nitrogens is 2. The smallest absolute Gasteiger partial charge is 0.283 e. The van der Waals surface area contributed by atoms with Gasteiger partial charge in [0.2, 0.25) is 5.89 Å². The van der Waals surface area contributed by atoms with E-state index in [0.29, 0.717) is 30.6 Å². The molecule has 0 saturated carbocycles. The minimum absolute atomic E-state index is 0.367. The predicted molar refractivity (Wildman–Crippen MR) is 64.6 cm³/mol. The fourth-order valence-corrected chi connectivity index (χ4v) is 1.76. The van der Waals surface area contributed by atoms with Gasteiger partial charge in [-0.2, -0.15) is 0 Å². The van der Waals surface area contributed by atoms with Crippen molar-refractivity contribution in [3.63, 3.8) is 0 Å². The summed E-state index contributed by atoms with van der Waals surface area (Å²) in [4.78, 5) is 1.92. The normalized spacial score (nSPS) is 12.3. The lowest BCUT2D eigenvalue weighted by atomic mass is 10.1. The van der Waals surface area contributed by atoms with Crippen LogP contribution in [0.4, 0.5) is 0 Å². The fraction of sp³-hybridized carbons (Fsp3) is 0.500. The molecular formula is C12H17N3O3. The van der Waals surface area contributed by atoms with Gasteiger partial charge < -0.3 is 13.9 Å². The molecule has 0 aliphatic heterocycles. The van der Waals surface area contributed by atoms with E-state index in [2.05, 4.69) is 10.2 Å². The average molecular weight is 251 g/mol. The molecule has 2 aromatic rings. The van der Waals surface area contributed by atoms with E-state index in [9.17, 15) is 5.11 Å². The van der Waals surface area contributed by atoms with Crippen LogP contribution in [-0.4, -0.2) is 39.4 Å². The summed E-state index contributed by atoms with van der Waals surface area (Å²) in [5.41, 5.74) is -0.751. The average Bonchev–Trinajstić information content (AvgIpc) is 2.82. The van der Waals surface area contributed by atoms with Crippen LogP contribution in [0.3, 0.4) is 0 Å². The van der Waals surface area contributed by atoms with E-state index in [-0.39, 0.29) is 0 Å². The van der Waals surface area contributed by atoms with Gasteiger partial charge in [-0.15, -0.1) is 10.2 Å². The van der Waals surface area contributed by atoms with Crippen LogP contribution in [-0.2, 0) is 6.54 Å². The predicted octanol–water partition coefficient (Wildman–Crippen LogP) is 1.53. The van der Waals surface area contributed by atoms with E-state index in [1.165, 1.54) is 0 Å². The molecule has 0 fully saturated rings. The first-order valence-electron chi connectivity index (χ1n) is 5.71. The highest BCUT2D eigenvalue weighted by Crippen LogP contribution is 2.18. The van der Waals surface area contributed by atoms with Crippen molar-refractivity contribution in [1.82, 2.24) is 15.1 Å². The molecule has 6 nitrogen and oxygen atoms in total. The van der Waals surface area contributed by atoms with E-state index < -0.39 is 5.60 Å². The summed E-state index contributed by atoms with van der Waals surface area (Å²) in [5, 5.41) is 17.5. The third kappa shape index (κ3) is 3.41. The lowest BCUT2D eigenvalue weighted by Crippen LogP contribution is -2.35. The Morgan fingerprint density at radius 3 is 2.78 bits per heavy atom. The molecule has 2 aromatic heterocycles. The molecule has 18 heavy (non-hydrogen) atoms. The van der Waals surface area contributed by atoms with Crippen LogP contribution >= 0.6 is 0 Å². The van der Waals surface area contributed by atoms with Gasteiger partial charge in [0.25, 0.3) is 5.89 Å². The van der Waals surface area contributed by atoms with Gasteiger partial charge >= 0.3 is 0 Å². The number of rotatable bonds is 5. The van der Waals surface area contributed by atoms with Crippen molar-refractivity contribution in [2.45, 2.75) is 26.0 Å². The van der Waals surface area contributed by atoms with Crippen molar-refractivity contribution in [1.29, 1.82) is 0 Å². The SMILES string of the molecule is CN(Cc1nnc(-c2ccco2)o1)CC(C)(C)O. The van der Waals surface area contributed by atoms with E-state index in [1.807, 2.05) is 11.9 Å². The van der Waals surface area contributed by atoms with Crippen LogP contribution in [0.5, 0.6) is 0 Å². The number of likely N-dealkylation sites (N-methyl/N-ethyl adjacent to an activating group) is 1. The summed E-state index contributed by atoms with van der Waals surface area (Å²) >= 11 is 0. The second-order valence-corrected chi connectivity index (χ2v) is 4.96. The van der Waals surface area contributed by atoms with Crippen LogP contribution in [0.1, 0.15) is 19.7 Å². The lowest BCUT2D eigenvalue weighted by molar-refractivity contribution is 0.0403. The van der Waals surface area contributed by atoms with Gasteiger partial charge in [0.05, 0.1) is 18.4 Å².